The third-order valence-corrected chi connectivity index (χ3v) is 6.52. The quantitative estimate of drug-likeness (QED) is 0.489. The fraction of sp³-hybridized carbons (Fsp3) is 0.240. The molecule has 0 saturated heterocycles. The van der Waals surface area contributed by atoms with Crippen molar-refractivity contribution in [1.29, 1.82) is 0 Å². The normalized spacial score (nSPS) is 14.4. The summed E-state index contributed by atoms with van der Waals surface area (Å²) >= 11 is 0. The summed E-state index contributed by atoms with van der Waals surface area (Å²) in [5.41, 5.74) is 3.42. The van der Waals surface area contributed by atoms with Crippen LogP contribution in [0.15, 0.2) is 60.8 Å². The highest BCUT2D eigenvalue weighted by Crippen LogP contribution is 2.42. The Labute approximate surface area is 198 Å². The first kappa shape index (κ1) is 23.3. The Kier molecular flexibility index (Phi) is 6.26. The number of carbonyl (C=O) groups is 1. The van der Waals surface area contributed by atoms with Crippen LogP contribution in [0.3, 0.4) is 0 Å². The third-order valence-electron chi connectivity index (χ3n) is 5.93. The van der Waals surface area contributed by atoms with Crippen LogP contribution in [-0.2, 0) is 15.6 Å². The van der Waals surface area contributed by atoms with Crippen LogP contribution in [0.25, 0.3) is 16.0 Å². The molecule has 1 aliphatic rings. The van der Waals surface area contributed by atoms with Gasteiger partial charge in [-0.15, -0.1) is 0 Å². The molecular weight excluding hydrogens is 452 g/mol. The number of pyridine rings is 1. The van der Waals surface area contributed by atoms with Crippen LogP contribution in [0.5, 0.6) is 5.88 Å². The molecule has 1 fully saturated rings. The van der Waals surface area contributed by atoms with Crippen molar-refractivity contribution >= 4 is 27.3 Å². The Morgan fingerprint density at radius 1 is 1.09 bits per heavy atom. The lowest BCUT2D eigenvalue weighted by atomic mass is 9.71. The standard InChI is InChI=1S/C25H24N4O4S/c1-26-21-11-7-18(8-12-21)23(30)28-25(13-4-14-25)20-9-5-17(6-10-20)19-15-22(29-34(3,31)32)24(33-2)27-16-19/h5-12,15-16,29H,4,13-14H2,2-3H3,(H,28,30). The van der Waals surface area contributed by atoms with Gasteiger partial charge in [-0.1, -0.05) is 48.5 Å². The zero-order valence-electron chi connectivity index (χ0n) is 18.8. The number of ether oxygens (including phenoxy) is 1. The van der Waals surface area contributed by atoms with Gasteiger partial charge in [-0.3, -0.25) is 9.52 Å². The highest BCUT2D eigenvalue weighted by atomic mass is 32.2. The van der Waals surface area contributed by atoms with Gasteiger partial charge < -0.3 is 10.1 Å². The second-order valence-electron chi connectivity index (χ2n) is 8.28. The molecule has 1 aromatic heterocycles. The van der Waals surface area contributed by atoms with E-state index < -0.39 is 15.6 Å². The maximum absolute atomic E-state index is 12.9. The van der Waals surface area contributed by atoms with Crippen molar-refractivity contribution in [3.8, 4) is 17.0 Å². The lowest BCUT2D eigenvalue weighted by Gasteiger charge is -2.43. The Balaban J connectivity index is 1.57. The Morgan fingerprint density at radius 2 is 1.76 bits per heavy atom. The van der Waals surface area contributed by atoms with Gasteiger partial charge in [0.05, 0.1) is 25.5 Å². The summed E-state index contributed by atoms with van der Waals surface area (Å²) in [4.78, 5) is 20.4. The van der Waals surface area contributed by atoms with Gasteiger partial charge >= 0.3 is 0 Å². The second-order valence-corrected chi connectivity index (χ2v) is 10.0. The minimum Gasteiger partial charge on any atom is -0.480 e. The number of benzene rings is 2. The van der Waals surface area contributed by atoms with Crippen molar-refractivity contribution in [1.82, 2.24) is 10.3 Å². The molecule has 0 bridgehead atoms. The Morgan fingerprint density at radius 3 is 2.29 bits per heavy atom. The minimum atomic E-state index is -3.49. The first-order chi connectivity index (χ1) is 16.2. The summed E-state index contributed by atoms with van der Waals surface area (Å²) in [6, 6.07) is 16.1. The molecule has 3 aromatic rings. The number of nitrogens with one attached hydrogen (secondary N) is 2. The van der Waals surface area contributed by atoms with E-state index in [-0.39, 0.29) is 17.5 Å². The molecule has 0 aliphatic heterocycles. The first-order valence-corrected chi connectivity index (χ1v) is 12.5. The zero-order chi connectivity index (χ0) is 24.3. The number of hydrogen-bond donors (Lipinski definition) is 2. The van der Waals surface area contributed by atoms with E-state index in [0.29, 0.717) is 11.3 Å². The predicted molar refractivity (Wildman–Crippen MR) is 130 cm³/mol. The number of amides is 1. The van der Waals surface area contributed by atoms with Crippen molar-refractivity contribution in [3.05, 3.63) is 83.3 Å². The van der Waals surface area contributed by atoms with Crippen molar-refractivity contribution in [3.63, 3.8) is 0 Å². The van der Waals surface area contributed by atoms with E-state index in [2.05, 4.69) is 19.9 Å². The monoisotopic (exact) mass is 476 g/mol. The van der Waals surface area contributed by atoms with E-state index >= 15 is 0 Å². The van der Waals surface area contributed by atoms with Gasteiger partial charge in [0, 0.05) is 17.3 Å². The molecule has 8 nitrogen and oxygen atoms in total. The van der Waals surface area contributed by atoms with Crippen molar-refractivity contribution < 1.29 is 17.9 Å². The van der Waals surface area contributed by atoms with Crippen LogP contribution in [0.1, 0.15) is 35.2 Å². The number of anilines is 1. The molecule has 1 heterocycles. The zero-order valence-corrected chi connectivity index (χ0v) is 19.6. The average molecular weight is 477 g/mol. The Bertz CT molecular complexity index is 1360. The van der Waals surface area contributed by atoms with Crippen molar-refractivity contribution in [2.24, 2.45) is 0 Å². The maximum Gasteiger partial charge on any atom is 0.251 e. The van der Waals surface area contributed by atoms with Crippen molar-refractivity contribution in [2.75, 3.05) is 18.1 Å². The molecule has 9 heteroatoms. The van der Waals surface area contributed by atoms with E-state index in [1.54, 1.807) is 36.5 Å². The molecule has 1 saturated carbocycles. The van der Waals surface area contributed by atoms with Crippen LogP contribution in [0.2, 0.25) is 0 Å². The minimum absolute atomic E-state index is 0.170. The van der Waals surface area contributed by atoms with Gasteiger partial charge in [-0.05, 0) is 36.5 Å². The van der Waals surface area contributed by atoms with Gasteiger partial charge in [0.2, 0.25) is 15.9 Å². The van der Waals surface area contributed by atoms with Gasteiger partial charge in [0.15, 0.2) is 5.69 Å². The van der Waals surface area contributed by atoms with E-state index in [9.17, 15) is 13.2 Å². The third kappa shape index (κ3) is 4.87. The number of carbonyl (C=O) groups excluding carboxylic acids is 1. The molecule has 174 valence electrons. The fourth-order valence-corrected chi connectivity index (χ4v) is 4.57. The molecular formula is C25H24N4O4S. The molecule has 0 spiro atoms. The van der Waals surface area contributed by atoms with E-state index in [1.165, 1.54) is 7.11 Å². The van der Waals surface area contributed by atoms with Gasteiger partial charge in [-0.25, -0.2) is 18.2 Å². The summed E-state index contributed by atoms with van der Waals surface area (Å²) in [6.07, 6.45) is 5.38. The lowest BCUT2D eigenvalue weighted by Crippen LogP contribution is -2.50. The molecule has 0 unspecified atom stereocenters. The molecule has 0 atom stereocenters. The molecule has 1 aliphatic carbocycles. The van der Waals surface area contributed by atoms with Crippen molar-refractivity contribution in [2.45, 2.75) is 24.8 Å². The molecule has 0 radical (unpaired) electrons. The Hall–Kier alpha value is -3.90. The summed E-state index contributed by atoms with van der Waals surface area (Å²) in [7, 11) is -2.07. The fourth-order valence-electron chi connectivity index (χ4n) is 4.02. The van der Waals surface area contributed by atoms with Crippen LogP contribution < -0.4 is 14.8 Å². The van der Waals surface area contributed by atoms with E-state index in [1.807, 2.05) is 24.3 Å². The average Bonchev–Trinajstić information content (AvgIpc) is 2.80. The number of nitrogens with zero attached hydrogens (tertiary/aromatic N) is 2. The first-order valence-electron chi connectivity index (χ1n) is 10.7. The summed E-state index contributed by atoms with van der Waals surface area (Å²) < 4.78 is 31.0. The summed E-state index contributed by atoms with van der Waals surface area (Å²) in [5.74, 6) is 0.0162. The topological polar surface area (TPSA) is 102 Å². The van der Waals surface area contributed by atoms with Crippen LogP contribution in [0.4, 0.5) is 11.4 Å². The largest absolute Gasteiger partial charge is 0.480 e. The van der Waals surface area contributed by atoms with Crippen LogP contribution in [0, 0.1) is 6.57 Å². The number of hydrogen-bond acceptors (Lipinski definition) is 5. The second kappa shape index (κ2) is 9.15. The molecule has 4 rings (SSSR count). The molecule has 34 heavy (non-hydrogen) atoms. The number of methoxy groups -OCH3 is 1. The maximum atomic E-state index is 12.9. The van der Waals surface area contributed by atoms with E-state index in [4.69, 9.17) is 11.3 Å². The highest BCUT2D eigenvalue weighted by molar-refractivity contribution is 7.92. The summed E-state index contributed by atoms with van der Waals surface area (Å²) in [5, 5.41) is 3.19. The predicted octanol–water partition coefficient (Wildman–Crippen LogP) is 4.49. The van der Waals surface area contributed by atoms with E-state index in [0.717, 1.165) is 42.2 Å². The smallest absolute Gasteiger partial charge is 0.251 e. The number of rotatable bonds is 7. The molecule has 1 amide bonds. The molecule has 2 N–H and O–H groups in total. The van der Waals surface area contributed by atoms with Gasteiger partial charge in [-0.2, -0.15) is 0 Å². The van der Waals surface area contributed by atoms with Gasteiger partial charge in [0.25, 0.3) is 5.91 Å². The number of aromatic nitrogens is 1. The SMILES string of the molecule is [C-]#[N+]c1ccc(C(=O)NC2(c3ccc(-c4cnc(OC)c(NS(C)(=O)=O)c4)cc3)CCC2)cc1. The molecule has 2 aromatic carbocycles. The van der Waals surface area contributed by atoms with Gasteiger partial charge in [0.1, 0.15) is 5.69 Å². The highest BCUT2D eigenvalue weighted by Gasteiger charge is 2.40. The van der Waals surface area contributed by atoms with Crippen LogP contribution in [-0.4, -0.2) is 32.7 Å². The summed E-state index contributed by atoms with van der Waals surface area (Å²) in [6.45, 7) is 7.05. The van der Waals surface area contributed by atoms with Crippen LogP contribution >= 0.6 is 0 Å². The lowest BCUT2D eigenvalue weighted by molar-refractivity contribution is 0.0823. The number of sulfonamides is 1.